The van der Waals surface area contributed by atoms with Gasteiger partial charge in [-0.25, -0.2) is 4.79 Å². The predicted molar refractivity (Wildman–Crippen MR) is 69.9 cm³/mol. The van der Waals surface area contributed by atoms with E-state index in [0.29, 0.717) is 5.56 Å². The van der Waals surface area contributed by atoms with Crippen LogP contribution in [0.3, 0.4) is 0 Å². The Morgan fingerprint density at radius 2 is 1.50 bits per heavy atom. The first-order chi connectivity index (χ1) is 7.77. The average molecular weight is 224 g/mol. The first kappa shape index (κ1) is 17.1. The number of benzene rings is 1. The maximum absolute atomic E-state index is 11.0. The number of hydrogen-bond donors (Lipinski definition) is 0. The van der Waals surface area contributed by atoms with Crippen molar-refractivity contribution in [1.82, 2.24) is 0 Å². The van der Waals surface area contributed by atoms with Crippen LogP contribution in [0.25, 0.3) is 0 Å². The van der Waals surface area contributed by atoms with Crippen molar-refractivity contribution in [2.75, 3.05) is 7.11 Å². The van der Waals surface area contributed by atoms with Gasteiger partial charge in [0.25, 0.3) is 0 Å². The molecule has 16 heavy (non-hydrogen) atoms. The molecular weight excluding hydrogens is 200 g/mol. The van der Waals surface area contributed by atoms with Gasteiger partial charge in [0.15, 0.2) is 0 Å². The van der Waals surface area contributed by atoms with Crippen LogP contribution in [0.1, 0.15) is 50.5 Å². The third kappa shape index (κ3) is 6.23. The fourth-order valence-corrected chi connectivity index (χ4v) is 0.994. The van der Waals surface area contributed by atoms with Gasteiger partial charge in [0.2, 0.25) is 0 Å². The quantitative estimate of drug-likeness (QED) is 0.707. The minimum absolute atomic E-state index is 0.280. The molecular formula is C14H24O2. The monoisotopic (exact) mass is 224 g/mol. The van der Waals surface area contributed by atoms with E-state index in [-0.39, 0.29) is 5.97 Å². The molecule has 0 aliphatic rings. The standard InChI is InChI=1S/C10H12O2.2C2H6/c1-3-8-4-6-9(7-5-8)10(11)12-2;2*1-2/h4-7H,3H2,1-2H3;2*1-2H3. The van der Waals surface area contributed by atoms with Crippen molar-refractivity contribution in [2.24, 2.45) is 0 Å². The Balaban J connectivity index is 0. The van der Waals surface area contributed by atoms with Crippen molar-refractivity contribution < 1.29 is 9.53 Å². The van der Waals surface area contributed by atoms with Crippen LogP contribution in [0.2, 0.25) is 0 Å². The van der Waals surface area contributed by atoms with Gasteiger partial charge in [-0.05, 0) is 24.1 Å². The van der Waals surface area contributed by atoms with E-state index in [1.54, 1.807) is 12.1 Å². The fraction of sp³-hybridized carbons (Fsp3) is 0.500. The lowest BCUT2D eigenvalue weighted by Crippen LogP contribution is -2.00. The lowest BCUT2D eigenvalue weighted by atomic mass is 10.1. The van der Waals surface area contributed by atoms with Crippen LogP contribution < -0.4 is 0 Å². The van der Waals surface area contributed by atoms with Crippen LogP contribution in [0.4, 0.5) is 0 Å². The summed E-state index contributed by atoms with van der Waals surface area (Å²) in [5.41, 5.74) is 1.83. The smallest absolute Gasteiger partial charge is 0.337 e. The SMILES string of the molecule is CC.CC.CCc1ccc(C(=O)OC)cc1. The first-order valence-electron chi connectivity index (χ1n) is 5.95. The molecule has 2 nitrogen and oxygen atoms in total. The summed E-state index contributed by atoms with van der Waals surface area (Å²) >= 11 is 0. The van der Waals surface area contributed by atoms with Gasteiger partial charge in [-0.3, -0.25) is 0 Å². The molecule has 0 amide bonds. The number of ether oxygens (including phenoxy) is 1. The molecule has 0 fully saturated rings. The zero-order chi connectivity index (χ0) is 13.0. The third-order valence-electron chi connectivity index (χ3n) is 1.78. The van der Waals surface area contributed by atoms with Gasteiger partial charge in [-0.2, -0.15) is 0 Å². The Bertz CT molecular complexity index is 263. The van der Waals surface area contributed by atoms with E-state index >= 15 is 0 Å². The molecule has 0 saturated carbocycles. The van der Waals surface area contributed by atoms with Crippen molar-refractivity contribution in [2.45, 2.75) is 41.0 Å². The molecule has 0 unspecified atom stereocenters. The number of rotatable bonds is 2. The summed E-state index contributed by atoms with van der Waals surface area (Å²) in [6.45, 7) is 10.1. The van der Waals surface area contributed by atoms with E-state index in [9.17, 15) is 4.79 Å². The Kier molecular flexibility index (Phi) is 12.6. The van der Waals surface area contributed by atoms with Gasteiger partial charge in [0, 0.05) is 0 Å². The largest absolute Gasteiger partial charge is 0.465 e. The fourth-order valence-electron chi connectivity index (χ4n) is 0.994. The minimum Gasteiger partial charge on any atom is -0.465 e. The highest BCUT2D eigenvalue weighted by Gasteiger charge is 2.02. The topological polar surface area (TPSA) is 26.3 Å². The normalized spacial score (nSPS) is 7.88. The van der Waals surface area contributed by atoms with Crippen molar-refractivity contribution in [1.29, 1.82) is 0 Å². The van der Waals surface area contributed by atoms with Gasteiger partial charge < -0.3 is 4.74 Å². The predicted octanol–water partition coefficient (Wildman–Crippen LogP) is 4.09. The van der Waals surface area contributed by atoms with E-state index in [1.165, 1.54) is 12.7 Å². The number of esters is 1. The summed E-state index contributed by atoms with van der Waals surface area (Å²) in [5, 5.41) is 0. The Labute approximate surface area is 99.6 Å². The summed E-state index contributed by atoms with van der Waals surface area (Å²) < 4.78 is 4.57. The Morgan fingerprint density at radius 3 is 1.81 bits per heavy atom. The van der Waals surface area contributed by atoms with Gasteiger partial charge >= 0.3 is 5.97 Å². The van der Waals surface area contributed by atoms with Crippen LogP contribution in [0, 0.1) is 0 Å². The lowest BCUT2D eigenvalue weighted by molar-refractivity contribution is 0.0600. The number of aryl methyl sites for hydroxylation is 1. The number of hydrogen-bond acceptors (Lipinski definition) is 2. The average Bonchev–Trinajstić information content (AvgIpc) is 2.42. The molecule has 0 atom stereocenters. The van der Waals surface area contributed by atoms with Gasteiger partial charge in [0.1, 0.15) is 0 Å². The van der Waals surface area contributed by atoms with Crippen molar-refractivity contribution in [3.8, 4) is 0 Å². The molecule has 1 aromatic rings. The maximum Gasteiger partial charge on any atom is 0.337 e. The second kappa shape index (κ2) is 11.8. The molecule has 1 aromatic carbocycles. The van der Waals surface area contributed by atoms with Crippen molar-refractivity contribution in [3.05, 3.63) is 35.4 Å². The molecule has 0 bridgehead atoms. The second-order valence-corrected chi connectivity index (χ2v) is 2.54. The Morgan fingerprint density at radius 1 is 1.06 bits per heavy atom. The van der Waals surface area contributed by atoms with E-state index in [1.807, 2.05) is 39.8 Å². The van der Waals surface area contributed by atoms with Crippen LogP contribution in [-0.4, -0.2) is 13.1 Å². The minimum atomic E-state index is -0.280. The third-order valence-corrected chi connectivity index (χ3v) is 1.78. The zero-order valence-electron chi connectivity index (χ0n) is 11.3. The summed E-state index contributed by atoms with van der Waals surface area (Å²) in [6.07, 6.45) is 0.988. The highest BCUT2D eigenvalue weighted by molar-refractivity contribution is 5.89. The van der Waals surface area contributed by atoms with Crippen molar-refractivity contribution in [3.63, 3.8) is 0 Å². The first-order valence-corrected chi connectivity index (χ1v) is 5.95. The highest BCUT2D eigenvalue weighted by Crippen LogP contribution is 2.05. The van der Waals surface area contributed by atoms with Gasteiger partial charge in [0.05, 0.1) is 12.7 Å². The molecule has 0 radical (unpaired) electrons. The number of carbonyl (C=O) groups excluding carboxylic acids is 1. The molecule has 0 spiro atoms. The molecule has 0 aliphatic carbocycles. The molecule has 0 aliphatic heterocycles. The zero-order valence-corrected chi connectivity index (χ0v) is 11.3. The van der Waals surface area contributed by atoms with Crippen molar-refractivity contribution >= 4 is 5.97 Å². The van der Waals surface area contributed by atoms with Crippen LogP contribution >= 0.6 is 0 Å². The number of methoxy groups -OCH3 is 1. The summed E-state index contributed by atoms with van der Waals surface area (Å²) in [6, 6.07) is 7.44. The highest BCUT2D eigenvalue weighted by atomic mass is 16.5. The Hall–Kier alpha value is -1.31. The molecule has 0 aromatic heterocycles. The summed E-state index contributed by atoms with van der Waals surface area (Å²) in [5.74, 6) is -0.280. The molecule has 0 N–H and O–H groups in total. The van der Waals surface area contributed by atoms with Gasteiger partial charge in [-0.15, -0.1) is 0 Å². The van der Waals surface area contributed by atoms with Crippen LogP contribution in [0.15, 0.2) is 24.3 Å². The summed E-state index contributed by atoms with van der Waals surface area (Å²) in [4.78, 5) is 11.0. The molecule has 1 rings (SSSR count). The summed E-state index contributed by atoms with van der Waals surface area (Å²) in [7, 11) is 1.38. The van der Waals surface area contributed by atoms with E-state index in [4.69, 9.17) is 0 Å². The van der Waals surface area contributed by atoms with Crippen LogP contribution in [0.5, 0.6) is 0 Å². The molecule has 0 heterocycles. The lowest BCUT2D eigenvalue weighted by Gasteiger charge is -1.99. The molecule has 92 valence electrons. The maximum atomic E-state index is 11.0. The van der Waals surface area contributed by atoms with E-state index < -0.39 is 0 Å². The van der Waals surface area contributed by atoms with Gasteiger partial charge in [-0.1, -0.05) is 46.8 Å². The van der Waals surface area contributed by atoms with E-state index in [0.717, 1.165) is 6.42 Å². The molecule has 0 saturated heterocycles. The van der Waals surface area contributed by atoms with E-state index in [2.05, 4.69) is 11.7 Å². The second-order valence-electron chi connectivity index (χ2n) is 2.54. The van der Waals surface area contributed by atoms with Crippen LogP contribution in [-0.2, 0) is 11.2 Å². The molecule has 2 heteroatoms. The number of carbonyl (C=O) groups is 1.